The highest BCUT2D eigenvalue weighted by Gasteiger charge is 2.36. The monoisotopic (exact) mass is 321 g/mol. The third-order valence-corrected chi connectivity index (χ3v) is 5.29. The molecule has 0 aromatic carbocycles. The van der Waals surface area contributed by atoms with E-state index in [0.717, 1.165) is 66.3 Å². The molecule has 0 bridgehead atoms. The van der Waals surface area contributed by atoms with Gasteiger partial charge in [-0.2, -0.15) is 5.10 Å². The second-order valence-electron chi connectivity index (χ2n) is 6.95. The van der Waals surface area contributed by atoms with Gasteiger partial charge in [-0.1, -0.05) is 0 Å². The number of carbonyl (C=O) groups excluding carboxylic acids is 1. The van der Waals surface area contributed by atoms with Crippen LogP contribution in [-0.2, 0) is 4.79 Å². The summed E-state index contributed by atoms with van der Waals surface area (Å²) >= 11 is 0. The van der Waals surface area contributed by atoms with E-state index in [4.69, 9.17) is 0 Å². The number of carbonyl (C=O) groups is 1. The van der Waals surface area contributed by atoms with Gasteiger partial charge in [0.25, 0.3) is 0 Å². The Balaban J connectivity index is 1.58. The summed E-state index contributed by atoms with van der Waals surface area (Å²) in [5.41, 5.74) is 1.88. The number of fused-ring (bicyclic) bond motifs is 3. The van der Waals surface area contributed by atoms with Crippen molar-refractivity contribution in [2.24, 2.45) is 5.92 Å². The van der Waals surface area contributed by atoms with Crippen LogP contribution in [0.1, 0.15) is 37.3 Å². The maximum Gasteiger partial charge on any atom is 0.225 e. The number of rotatable bonds is 2. The Hall–Kier alpha value is -2.50. The van der Waals surface area contributed by atoms with Crippen LogP contribution >= 0.6 is 0 Å². The van der Waals surface area contributed by atoms with Gasteiger partial charge in [-0.05, 0) is 31.7 Å². The van der Waals surface area contributed by atoms with Crippen molar-refractivity contribution in [3.8, 4) is 0 Å². The van der Waals surface area contributed by atoms with E-state index in [1.807, 2.05) is 18.5 Å². The van der Waals surface area contributed by atoms with Gasteiger partial charge < -0.3 is 4.90 Å². The molecular weight excluding hydrogens is 302 g/mol. The van der Waals surface area contributed by atoms with Gasteiger partial charge in [-0.15, -0.1) is 0 Å². The van der Waals surface area contributed by atoms with Crippen molar-refractivity contribution in [2.45, 2.75) is 31.6 Å². The summed E-state index contributed by atoms with van der Waals surface area (Å²) in [6.45, 7) is 1.67. The van der Waals surface area contributed by atoms with Crippen LogP contribution < -0.4 is 0 Å². The average Bonchev–Trinajstić information content (AvgIpc) is 3.37. The summed E-state index contributed by atoms with van der Waals surface area (Å²) in [7, 11) is 0. The first-order valence-electron chi connectivity index (χ1n) is 8.67. The fraction of sp³-hybridized carbons (Fsp3) is 0.444. The minimum Gasteiger partial charge on any atom is -0.342 e. The second-order valence-corrected chi connectivity index (χ2v) is 6.95. The lowest BCUT2D eigenvalue weighted by molar-refractivity contribution is -0.133. The number of hydrogen-bond donors (Lipinski definition) is 1. The number of hydrogen-bond acceptors (Lipinski definition) is 4. The molecule has 2 fully saturated rings. The van der Waals surface area contributed by atoms with Gasteiger partial charge in [-0.25, -0.2) is 9.97 Å². The molecule has 1 aliphatic heterocycles. The summed E-state index contributed by atoms with van der Waals surface area (Å²) in [5, 5.41) is 10.8. The Morgan fingerprint density at radius 2 is 2.12 bits per heavy atom. The van der Waals surface area contributed by atoms with Crippen molar-refractivity contribution < 1.29 is 4.79 Å². The standard InChI is InChI=1S/C18H19N5O/c24-18(11-3-4-11)23-7-1-2-12(10-23)16-15-13(9-21-22-16)8-20-17-14(15)5-6-19-17/h5-6,8-9,11-12,22H,1-4,7,10H2. The highest BCUT2D eigenvalue weighted by Crippen LogP contribution is 2.36. The molecule has 3 aromatic heterocycles. The lowest BCUT2D eigenvalue weighted by Crippen LogP contribution is -2.40. The molecule has 1 unspecified atom stereocenters. The van der Waals surface area contributed by atoms with Crippen molar-refractivity contribution in [2.75, 3.05) is 13.1 Å². The van der Waals surface area contributed by atoms with Crippen LogP contribution in [0.3, 0.4) is 0 Å². The van der Waals surface area contributed by atoms with Gasteiger partial charge in [-0.3, -0.25) is 9.89 Å². The van der Waals surface area contributed by atoms with E-state index in [1.54, 1.807) is 6.20 Å². The van der Waals surface area contributed by atoms with Crippen LogP contribution in [0, 0.1) is 5.92 Å². The van der Waals surface area contributed by atoms with Crippen LogP contribution in [0.15, 0.2) is 24.7 Å². The van der Waals surface area contributed by atoms with E-state index in [0.29, 0.717) is 5.91 Å². The summed E-state index contributed by atoms with van der Waals surface area (Å²) < 4.78 is 0. The molecule has 122 valence electrons. The van der Waals surface area contributed by atoms with Crippen LogP contribution in [0.25, 0.3) is 21.8 Å². The molecule has 4 heterocycles. The van der Waals surface area contributed by atoms with Crippen LogP contribution in [0.2, 0.25) is 0 Å². The maximum absolute atomic E-state index is 12.5. The molecule has 1 saturated carbocycles. The normalized spacial score (nSPS) is 21.5. The number of likely N-dealkylation sites (tertiary alicyclic amines) is 1. The molecule has 2 aliphatic rings. The summed E-state index contributed by atoms with van der Waals surface area (Å²) in [4.78, 5) is 23.2. The van der Waals surface area contributed by atoms with E-state index < -0.39 is 0 Å². The van der Waals surface area contributed by atoms with E-state index in [9.17, 15) is 4.79 Å². The van der Waals surface area contributed by atoms with E-state index in [2.05, 4.69) is 25.1 Å². The number of nitrogens with zero attached hydrogens (tertiary/aromatic N) is 4. The molecule has 6 heteroatoms. The average molecular weight is 321 g/mol. The first-order chi connectivity index (χ1) is 11.8. The van der Waals surface area contributed by atoms with Crippen molar-refractivity contribution in [1.82, 2.24) is 25.1 Å². The number of H-pyrrole nitrogens is 1. The fourth-order valence-corrected chi connectivity index (χ4v) is 3.90. The second kappa shape index (κ2) is 5.26. The molecule has 5 rings (SSSR count). The van der Waals surface area contributed by atoms with Crippen molar-refractivity contribution >= 4 is 27.7 Å². The third kappa shape index (κ3) is 2.17. The Morgan fingerprint density at radius 1 is 1.21 bits per heavy atom. The van der Waals surface area contributed by atoms with Gasteiger partial charge in [0.15, 0.2) is 5.65 Å². The van der Waals surface area contributed by atoms with Crippen LogP contribution in [0.5, 0.6) is 0 Å². The van der Waals surface area contributed by atoms with Gasteiger partial charge in [0, 0.05) is 59.2 Å². The molecule has 0 spiro atoms. The quantitative estimate of drug-likeness (QED) is 0.787. The Morgan fingerprint density at radius 3 is 3.00 bits per heavy atom. The van der Waals surface area contributed by atoms with Gasteiger partial charge >= 0.3 is 0 Å². The fourth-order valence-electron chi connectivity index (χ4n) is 3.90. The van der Waals surface area contributed by atoms with Gasteiger partial charge in [0.1, 0.15) is 0 Å². The minimum atomic E-state index is 0.286. The third-order valence-electron chi connectivity index (χ3n) is 5.29. The first-order valence-corrected chi connectivity index (χ1v) is 8.67. The Bertz CT molecular complexity index is 929. The largest absolute Gasteiger partial charge is 0.342 e. The van der Waals surface area contributed by atoms with Crippen molar-refractivity contribution in [3.05, 3.63) is 30.4 Å². The lowest BCUT2D eigenvalue weighted by Gasteiger charge is -2.33. The molecule has 1 atom stereocenters. The number of nitrogens with one attached hydrogen (secondary N) is 1. The summed E-state index contributed by atoms with van der Waals surface area (Å²) in [6, 6.07) is 2.01. The van der Waals surface area contributed by atoms with Crippen molar-refractivity contribution in [3.63, 3.8) is 0 Å². The van der Waals surface area contributed by atoms with Crippen LogP contribution in [-0.4, -0.2) is 44.1 Å². The Labute approximate surface area is 139 Å². The van der Waals surface area contributed by atoms with Crippen molar-refractivity contribution in [1.29, 1.82) is 0 Å². The molecule has 6 nitrogen and oxygen atoms in total. The number of amides is 1. The molecule has 3 aromatic rings. The first kappa shape index (κ1) is 13.9. The van der Waals surface area contributed by atoms with E-state index in [-0.39, 0.29) is 11.8 Å². The van der Waals surface area contributed by atoms with Crippen LogP contribution in [0.4, 0.5) is 0 Å². The predicted octanol–water partition coefficient (Wildman–Crippen LogP) is 2.62. The topological polar surface area (TPSA) is 74.8 Å². The zero-order valence-electron chi connectivity index (χ0n) is 13.4. The molecule has 1 amide bonds. The number of aromatic amines is 1. The molecule has 24 heavy (non-hydrogen) atoms. The van der Waals surface area contributed by atoms with Gasteiger partial charge in [0.2, 0.25) is 5.91 Å². The summed E-state index contributed by atoms with van der Waals surface area (Å²) in [6.07, 6.45) is 9.69. The maximum atomic E-state index is 12.5. The minimum absolute atomic E-state index is 0.286. The van der Waals surface area contributed by atoms with E-state index >= 15 is 0 Å². The predicted molar refractivity (Wildman–Crippen MR) is 90.5 cm³/mol. The van der Waals surface area contributed by atoms with E-state index in [1.165, 1.54) is 0 Å². The molecule has 0 radical (unpaired) electrons. The lowest BCUT2D eigenvalue weighted by atomic mass is 9.91. The molecule has 1 N–H and O–H groups in total. The molecule has 1 aliphatic carbocycles. The zero-order valence-corrected chi connectivity index (χ0v) is 13.4. The number of pyridine rings is 1. The smallest absolute Gasteiger partial charge is 0.225 e. The number of piperidine rings is 1. The number of aromatic nitrogens is 4. The van der Waals surface area contributed by atoms with Gasteiger partial charge in [0.05, 0.1) is 6.20 Å². The highest BCUT2D eigenvalue weighted by molar-refractivity contribution is 6.05. The Kier molecular flexibility index (Phi) is 3.04. The highest BCUT2D eigenvalue weighted by atomic mass is 16.2. The SMILES string of the molecule is O=C(C1CC1)N1CCCC(c2[nH]ncc3cnc4nccc4c23)C1. The zero-order chi connectivity index (χ0) is 16.1. The summed E-state index contributed by atoms with van der Waals surface area (Å²) in [5.74, 6) is 0.918. The molecular formula is C18H19N5O. The molecule has 1 saturated heterocycles.